The van der Waals surface area contributed by atoms with E-state index in [2.05, 4.69) is 5.32 Å². The maximum Gasteiger partial charge on any atom is 0.255 e. The summed E-state index contributed by atoms with van der Waals surface area (Å²) in [5, 5.41) is 2.57. The summed E-state index contributed by atoms with van der Waals surface area (Å²) in [5.74, 6) is -0.550. The molecule has 0 fully saturated rings. The maximum absolute atomic E-state index is 12.7. The first kappa shape index (κ1) is 10.4. The maximum atomic E-state index is 12.7. The van der Waals surface area contributed by atoms with Gasteiger partial charge in [0, 0.05) is 5.56 Å². The molecule has 74 valence electrons. The van der Waals surface area contributed by atoms with Crippen LogP contribution in [0.4, 0.5) is 4.39 Å². The van der Waals surface area contributed by atoms with Gasteiger partial charge in [-0.25, -0.2) is 4.39 Å². The van der Waals surface area contributed by atoms with Crippen LogP contribution in [0.1, 0.15) is 22.8 Å². The van der Waals surface area contributed by atoms with Crippen molar-refractivity contribution in [2.45, 2.75) is 13.8 Å². The van der Waals surface area contributed by atoms with Gasteiger partial charge in [-0.15, -0.1) is 0 Å². The topological polar surface area (TPSA) is 29.1 Å². The Morgan fingerprint density at radius 3 is 2.79 bits per heavy atom. The van der Waals surface area contributed by atoms with Gasteiger partial charge in [-0.2, -0.15) is 0 Å². The second-order valence-corrected chi connectivity index (χ2v) is 2.93. The second-order valence-electron chi connectivity index (χ2n) is 2.93. The Hall–Kier alpha value is -1.64. The standard InChI is InChI=1S/C11H12FNO/c1-3-6-13-11(14)10-5-4-9(12)7-8(10)2/h3-7H,1-2H3,(H,13,14). The van der Waals surface area contributed by atoms with Crippen LogP contribution in [0.15, 0.2) is 30.5 Å². The van der Waals surface area contributed by atoms with Gasteiger partial charge in [0.25, 0.3) is 5.91 Å². The third-order valence-electron chi connectivity index (χ3n) is 1.81. The first-order valence-corrected chi connectivity index (χ1v) is 4.33. The van der Waals surface area contributed by atoms with Crippen LogP contribution in [-0.4, -0.2) is 5.91 Å². The van der Waals surface area contributed by atoms with Crippen molar-refractivity contribution in [3.8, 4) is 0 Å². The molecule has 1 N–H and O–H groups in total. The van der Waals surface area contributed by atoms with Crippen LogP contribution in [-0.2, 0) is 0 Å². The van der Waals surface area contributed by atoms with E-state index >= 15 is 0 Å². The van der Waals surface area contributed by atoms with Crippen molar-refractivity contribution in [3.05, 3.63) is 47.4 Å². The Kier molecular flexibility index (Phi) is 3.40. The molecule has 0 aliphatic heterocycles. The van der Waals surface area contributed by atoms with E-state index in [-0.39, 0.29) is 11.7 Å². The van der Waals surface area contributed by atoms with Gasteiger partial charge in [-0.3, -0.25) is 4.79 Å². The number of nitrogens with one attached hydrogen (secondary N) is 1. The van der Waals surface area contributed by atoms with Gasteiger partial charge in [0.2, 0.25) is 0 Å². The van der Waals surface area contributed by atoms with Gasteiger partial charge in [-0.05, 0) is 43.8 Å². The van der Waals surface area contributed by atoms with Crippen LogP contribution < -0.4 is 5.32 Å². The van der Waals surface area contributed by atoms with E-state index in [0.717, 1.165) is 0 Å². The van der Waals surface area contributed by atoms with Crippen LogP contribution in [0.5, 0.6) is 0 Å². The van der Waals surface area contributed by atoms with E-state index in [9.17, 15) is 9.18 Å². The zero-order valence-corrected chi connectivity index (χ0v) is 8.17. The van der Waals surface area contributed by atoms with E-state index in [1.165, 1.54) is 18.2 Å². The average Bonchev–Trinajstić information content (AvgIpc) is 2.14. The zero-order valence-electron chi connectivity index (χ0n) is 8.17. The van der Waals surface area contributed by atoms with E-state index in [1.807, 2.05) is 0 Å². The minimum absolute atomic E-state index is 0.222. The molecule has 0 bridgehead atoms. The minimum Gasteiger partial charge on any atom is -0.329 e. The summed E-state index contributed by atoms with van der Waals surface area (Å²) in [7, 11) is 0. The van der Waals surface area contributed by atoms with Gasteiger partial charge in [-0.1, -0.05) is 6.08 Å². The average molecular weight is 193 g/mol. The largest absolute Gasteiger partial charge is 0.329 e. The summed E-state index contributed by atoms with van der Waals surface area (Å²) < 4.78 is 12.7. The molecule has 3 heteroatoms. The summed E-state index contributed by atoms with van der Waals surface area (Å²) in [6.45, 7) is 3.51. The van der Waals surface area contributed by atoms with E-state index in [1.54, 1.807) is 26.1 Å². The SMILES string of the molecule is CC=CNC(=O)c1ccc(F)cc1C. The van der Waals surface area contributed by atoms with Gasteiger partial charge in [0.05, 0.1) is 0 Å². The lowest BCUT2D eigenvalue weighted by atomic mass is 10.1. The van der Waals surface area contributed by atoms with Crippen molar-refractivity contribution in [2.75, 3.05) is 0 Å². The number of halogens is 1. The highest BCUT2D eigenvalue weighted by molar-refractivity contribution is 5.96. The predicted molar refractivity (Wildman–Crippen MR) is 53.4 cm³/mol. The van der Waals surface area contributed by atoms with Gasteiger partial charge < -0.3 is 5.32 Å². The summed E-state index contributed by atoms with van der Waals surface area (Å²) in [4.78, 5) is 11.5. The van der Waals surface area contributed by atoms with Crippen LogP contribution >= 0.6 is 0 Å². The molecule has 1 aromatic carbocycles. The summed E-state index contributed by atoms with van der Waals surface area (Å²) >= 11 is 0. The molecule has 0 heterocycles. The number of amides is 1. The lowest BCUT2D eigenvalue weighted by Crippen LogP contribution is -2.18. The Labute approximate surface area is 82.4 Å². The first-order valence-electron chi connectivity index (χ1n) is 4.33. The fraction of sp³-hybridized carbons (Fsp3) is 0.182. The number of allylic oxidation sites excluding steroid dienone is 1. The molecule has 1 aromatic rings. The first-order chi connectivity index (χ1) is 6.65. The quantitative estimate of drug-likeness (QED) is 0.767. The highest BCUT2D eigenvalue weighted by atomic mass is 19.1. The van der Waals surface area contributed by atoms with Crippen molar-refractivity contribution in [3.63, 3.8) is 0 Å². The summed E-state index contributed by atoms with van der Waals surface area (Å²) in [6.07, 6.45) is 3.27. The predicted octanol–water partition coefficient (Wildman–Crippen LogP) is 2.40. The third kappa shape index (κ3) is 2.42. The molecule has 0 spiro atoms. The van der Waals surface area contributed by atoms with E-state index in [4.69, 9.17) is 0 Å². The van der Waals surface area contributed by atoms with Crippen LogP contribution in [0.2, 0.25) is 0 Å². The lowest BCUT2D eigenvalue weighted by molar-refractivity contribution is 0.0969. The van der Waals surface area contributed by atoms with Crippen molar-refractivity contribution >= 4 is 5.91 Å². The van der Waals surface area contributed by atoms with Crippen LogP contribution in [0.3, 0.4) is 0 Å². The van der Waals surface area contributed by atoms with Gasteiger partial charge >= 0.3 is 0 Å². The molecular formula is C11H12FNO. The van der Waals surface area contributed by atoms with Crippen LogP contribution in [0, 0.1) is 12.7 Å². The number of carbonyl (C=O) groups excluding carboxylic acids is 1. The minimum atomic E-state index is -0.329. The fourth-order valence-electron chi connectivity index (χ4n) is 1.12. The normalized spacial score (nSPS) is 10.5. The van der Waals surface area contributed by atoms with Crippen molar-refractivity contribution in [1.82, 2.24) is 5.32 Å². The molecule has 0 unspecified atom stereocenters. The lowest BCUT2D eigenvalue weighted by Gasteiger charge is -2.03. The molecule has 2 nitrogen and oxygen atoms in total. The smallest absolute Gasteiger partial charge is 0.255 e. The van der Waals surface area contributed by atoms with E-state index < -0.39 is 0 Å². The van der Waals surface area contributed by atoms with Gasteiger partial charge in [0.15, 0.2) is 0 Å². The number of aryl methyl sites for hydroxylation is 1. The molecule has 0 aliphatic rings. The molecule has 0 aliphatic carbocycles. The van der Waals surface area contributed by atoms with Crippen molar-refractivity contribution in [2.24, 2.45) is 0 Å². The third-order valence-corrected chi connectivity index (χ3v) is 1.81. The monoisotopic (exact) mass is 193 g/mol. The molecule has 0 radical (unpaired) electrons. The molecule has 0 aromatic heterocycles. The molecule has 0 saturated heterocycles. The molecule has 1 rings (SSSR count). The van der Waals surface area contributed by atoms with Crippen molar-refractivity contribution < 1.29 is 9.18 Å². The molecule has 14 heavy (non-hydrogen) atoms. The highest BCUT2D eigenvalue weighted by Gasteiger charge is 2.07. The molecule has 0 saturated carbocycles. The molecule has 1 amide bonds. The Morgan fingerprint density at radius 1 is 1.50 bits per heavy atom. The molecule has 0 atom stereocenters. The summed E-state index contributed by atoms with van der Waals surface area (Å²) in [6, 6.07) is 4.09. The number of hydrogen-bond donors (Lipinski definition) is 1. The summed E-state index contributed by atoms with van der Waals surface area (Å²) in [5.41, 5.74) is 1.12. The molecular weight excluding hydrogens is 181 g/mol. The Bertz CT molecular complexity index is 372. The number of benzene rings is 1. The number of rotatable bonds is 2. The van der Waals surface area contributed by atoms with Crippen molar-refractivity contribution in [1.29, 1.82) is 0 Å². The zero-order chi connectivity index (χ0) is 10.6. The highest BCUT2D eigenvalue weighted by Crippen LogP contribution is 2.09. The van der Waals surface area contributed by atoms with Crippen LogP contribution in [0.25, 0.3) is 0 Å². The Balaban J connectivity index is 2.90. The van der Waals surface area contributed by atoms with E-state index in [0.29, 0.717) is 11.1 Å². The Morgan fingerprint density at radius 2 is 2.21 bits per heavy atom. The second kappa shape index (κ2) is 4.56. The number of hydrogen-bond acceptors (Lipinski definition) is 1. The fourth-order valence-corrected chi connectivity index (χ4v) is 1.12. The van der Waals surface area contributed by atoms with Gasteiger partial charge in [0.1, 0.15) is 5.82 Å². The number of carbonyl (C=O) groups is 1.